The Morgan fingerprint density at radius 1 is 1.23 bits per heavy atom. The molecule has 1 saturated heterocycles. The average molecular weight is 487 g/mol. The Morgan fingerprint density at radius 2 is 2.03 bits per heavy atom. The summed E-state index contributed by atoms with van der Waals surface area (Å²) in [6.07, 6.45) is 1.69. The van der Waals surface area contributed by atoms with Crippen LogP contribution in [0.1, 0.15) is 38.3 Å². The summed E-state index contributed by atoms with van der Waals surface area (Å²) in [5, 5.41) is 14.9. The number of amides is 1. The lowest BCUT2D eigenvalue weighted by Gasteiger charge is -2.28. The molecule has 188 valence electrons. The second-order valence-corrected chi connectivity index (χ2v) is 8.19. The van der Waals surface area contributed by atoms with Crippen LogP contribution in [0.2, 0.25) is 0 Å². The van der Waals surface area contributed by atoms with E-state index in [2.05, 4.69) is 20.8 Å². The van der Waals surface area contributed by atoms with E-state index in [1.165, 1.54) is 11.8 Å². The maximum atomic E-state index is 13.0. The molecule has 2 aliphatic rings. The van der Waals surface area contributed by atoms with Crippen molar-refractivity contribution in [3.63, 3.8) is 0 Å². The lowest BCUT2D eigenvalue weighted by molar-refractivity contribution is -0.140. The van der Waals surface area contributed by atoms with Gasteiger partial charge in [0, 0.05) is 18.8 Å². The topological polar surface area (TPSA) is 130 Å². The highest BCUT2D eigenvalue weighted by Crippen LogP contribution is 2.38. The zero-order valence-electron chi connectivity index (χ0n) is 20.2. The lowest BCUT2D eigenvalue weighted by atomic mass is 9.95. The van der Waals surface area contributed by atoms with E-state index in [9.17, 15) is 9.59 Å². The van der Waals surface area contributed by atoms with E-state index in [0.717, 1.165) is 12.8 Å². The number of nitrogens with zero attached hydrogens (tertiary/aromatic N) is 5. The Hall–Kier alpha value is -3.67. The minimum absolute atomic E-state index is 0.117. The molecule has 1 unspecified atom stereocenters. The normalized spacial score (nSPS) is 17.5. The number of tetrazole rings is 1. The third-order valence-corrected chi connectivity index (χ3v) is 5.88. The third kappa shape index (κ3) is 5.37. The monoisotopic (exact) mass is 486 g/mol. The van der Waals surface area contributed by atoms with E-state index in [0.29, 0.717) is 67.2 Å². The molecule has 35 heavy (non-hydrogen) atoms. The van der Waals surface area contributed by atoms with Gasteiger partial charge in [0.2, 0.25) is 5.95 Å². The van der Waals surface area contributed by atoms with Crippen LogP contribution < -0.4 is 14.8 Å². The molecule has 0 spiro atoms. The van der Waals surface area contributed by atoms with Crippen LogP contribution in [0.25, 0.3) is 0 Å². The van der Waals surface area contributed by atoms with Crippen LogP contribution in [0.4, 0.5) is 5.95 Å². The number of benzene rings is 1. The molecule has 2 aromatic rings. The number of morpholine rings is 1. The molecule has 1 fully saturated rings. The summed E-state index contributed by atoms with van der Waals surface area (Å²) in [6.45, 7) is 6.16. The van der Waals surface area contributed by atoms with Crippen molar-refractivity contribution in [1.29, 1.82) is 0 Å². The molecule has 3 heterocycles. The molecule has 0 bridgehead atoms. The highest BCUT2D eigenvalue weighted by Gasteiger charge is 2.35. The highest BCUT2D eigenvalue weighted by molar-refractivity contribution is 5.92. The molecular weight excluding hydrogens is 456 g/mol. The molecule has 1 aromatic heterocycles. The molecule has 12 heteroatoms. The van der Waals surface area contributed by atoms with Crippen molar-refractivity contribution in [2.24, 2.45) is 0 Å². The molecule has 1 atom stereocenters. The Labute approximate surface area is 203 Å². The number of carbonyl (C=O) groups is 2. The minimum atomic E-state index is -0.631. The van der Waals surface area contributed by atoms with Gasteiger partial charge in [0.1, 0.15) is 6.04 Å². The van der Waals surface area contributed by atoms with E-state index in [4.69, 9.17) is 18.9 Å². The van der Waals surface area contributed by atoms with Crippen LogP contribution in [-0.4, -0.2) is 83.6 Å². The Balaban J connectivity index is 1.58. The van der Waals surface area contributed by atoms with E-state index in [1.807, 2.05) is 6.92 Å². The van der Waals surface area contributed by atoms with E-state index in [1.54, 1.807) is 30.0 Å². The molecule has 0 aliphatic carbocycles. The average Bonchev–Trinajstić information content (AvgIpc) is 3.35. The summed E-state index contributed by atoms with van der Waals surface area (Å²) >= 11 is 0. The molecule has 0 radical (unpaired) electrons. The van der Waals surface area contributed by atoms with Crippen LogP contribution >= 0.6 is 0 Å². The summed E-state index contributed by atoms with van der Waals surface area (Å²) in [6, 6.07) is 4.63. The molecule has 1 amide bonds. The van der Waals surface area contributed by atoms with Gasteiger partial charge in [0.15, 0.2) is 18.1 Å². The van der Waals surface area contributed by atoms with Gasteiger partial charge in [0.25, 0.3) is 5.91 Å². The second-order valence-electron chi connectivity index (χ2n) is 8.19. The zero-order valence-corrected chi connectivity index (χ0v) is 20.2. The number of ether oxygens (including phenoxy) is 4. The van der Waals surface area contributed by atoms with Crippen LogP contribution in [-0.2, 0) is 19.1 Å². The van der Waals surface area contributed by atoms with Gasteiger partial charge in [-0.3, -0.25) is 4.79 Å². The van der Waals surface area contributed by atoms with Gasteiger partial charge in [-0.05, 0) is 41.5 Å². The lowest BCUT2D eigenvalue weighted by Crippen LogP contribution is -2.43. The number of hydrogen-bond acceptors (Lipinski definition) is 10. The van der Waals surface area contributed by atoms with E-state index < -0.39 is 12.0 Å². The van der Waals surface area contributed by atoms with Crippen molar-refractivity contribution in [1.82, 2.24) is 25.1 Å². The summed E-state index contributed by atoms with van der Waals surface area (Å²) in [7, 11) is 1.52. The number of allylic oxidation sites excluding steroid dienone is 1. The SMILES string of the molecule is CCCCOC(=O)C1=C(C)Nc2nnnn2C1c1ccc(OCC(=O)N2CCOCC2)c(OC)c1. The predicted molar refractivity (Wildman–Crippen MR) is 124 cm³/mol. The largest absolute Gasteiger partial charge is 0.493 e. The van der Waals surface area contributed by atoms with Crippen molar-refractivity contribution >= 4 is 17.8 Å². The molecule has 4 rings (SSSR count). The van der Waals surface area contributed by atoms with Crippen LogP contribution in [0.5, 0.6) is 11.5 Å². The summed E-state index contributed by atoms with van der Waals surface area (Å²) in [4.78, 5) is 27.2. The number of unbranched alkanes of at least 4 members (excludes halogenated alkanes) is 1. The van der Waals surface area contributed by atoms with Crippen LogP contribution in [0.15, 0.2) is 29.5 Å². The second kappa shape index (κ2) is 11.2. The van der Waals surface area contributed by atoms with Gasteiger partial charge in [-0.2, -0.15) is 4.68 Å². The smallest absolute Gasteiger partial charge is 0.338 e. The predicted octanol–water partition coefficient (Wildman–Crippen LogP) is 1.55. The first-order chi connectivity index (χ1) is 17.0. The number of esters is 1. The molecule has 1 aromatic carbocycles. The Kier molecular flexibility index (Phi) is 7.80. The van der Waals surface area contributed by atoms with Crippen molar-refractivity contribution in [3.05, 3.63) is 35.0 Å². The fourth-order valence-corrected chi connectivity index (χ4v) is 3.99. The Morgan fingerprint density at radius 3 is 2.77 bits per heavy atom. The molecule has 2 aliphatic heterocycles. The number of carbonyl (C=O) groups excluding carboxylic acids is 2. The number of aromatic nitrogens is 4. The zero-order chi connectivity index (χ0) is 24.8. The summed E-state index contributed by atoms with van der Waals surface area (Å²) in [5.41, 5.74) is 1.71. The number of hydrogen-bond donors (Lipinski definition) is 1. The van der Waals surface area contributed by atoms with Gasteiger partial charge < -0.3 is 29.2 Å². The fourth-order valence-electron chi connectivity index (χ4n) is 3.99. The maximum Gasteiger partial charge on any atom is 0.338 e. The maximum absolute atomic E-state index is 13.0. The van der Waals surface area contributed by atoms with Gasteiger partial charge in [-0.1, -0.05) is 24.5 Å². The first kappa shape index (κ1) is 24.5. The molecule has 1 N–H and O–H groups in total. The van der Waals surface area contributed by atoms with Gasteiger partial charge in [-0.15, -0.1) is 0 Å². The minimum Gasteiger partial charge on any atom is -0.493 e. The summed E-state index contributed by atoms with van der Waals surface area (Å²) < 4.78 is 23.7. The van der Waals surface area contributed by atoms with Gasteiger partial charge >= 0.3 is 5.97 Å². The first-order valence-corrected chi connectivity index (χ1v) is 11.6. The first-order valence-electron chi connectivity index (χ1n) is 11.6. The quantitative estimate of drug-likeness (QED) is 0.411. The third-order valence-electron chi connectivity index (χ3n) is 5.88. The molecular formula is C23H30N6O6. The Bertz CT molecular complexity index is 1090. The van der Waals surface area contributed by atoms with Crippen molar-refractivity contribution < 1.29 is 28.5 Å². The number of fused-ring (bicyclic) bond motifs is 1. The van der Waals surface area contributed by atoms with E-state index in [-0.39, 0.29) is 12.5 Å². The van der Waals surface area contributed by atoms with E-state index >= 15 is 0 Å². The van der Waals surface area contributed by atoms with Gasteiger partial charge in [0.05, 0.1) is 32.5 Å². The number of anilines is 1. The van der Waals surface area contributed by atoms with Crippen LogP contribution in [0, 0.1) is 0 Å². The molecule has 0 saturated carbocycles. The molecule has 12 nitrogen and oxygen atoms in total. The summed E-state index contributed by atoms with van der Waals surface area (Å²) in [5.74, 6) is 0.683. The van der Waals surface area contributed by atoms with Gasteiger partial charge in [-0.25, -0.2) is 4.79 Å². The van der Waals surface area contributed by atoms with Crippen molar-refractivity contribution in [3.8, 4) is 11.5 Å². The number of nitrogens with one attached hydrogen (secondary N) is 1. The number of rotatable bonds is 9. The van der Waals surface area contributed by atoms with Crippen LogP contribution in [0.3, 0.4) is 0 Å². The fraction of sp³-hybridized carbons (Fsp3) is 0.522. The van der Waals surface area contributed by atoms with Crippen molar-refractivity contribution in [2.75, 3.05) is 51.9 Å². The standard InChI is InChI=1S/C23H30N6O6/c1-4-5-10-34-22(31)20-15(2)24-23-25-26-27-29(23)21(20)16-6-7-17(18(13-16)32-3)35-14-19(30)28-8-11-33-12-9-28/h6-7,13,21H,4-5,8-12,14H2,1-3H3,(H,24,25,27). The number of methoxy groups -OCH3 is 1. The highest BCUT2D eigenvalue weighted by atomic mass is 16.5. The van der Waals surface area contributed by atoms with Crippen molar-refractivity contribution in [2.45, 2.75) is 32.7 Å².